The van der Waals surface area contributed by atoms with Crippen LogP contribution >= 0.6 is 23.2 Å². The summed E-state index contributed by atoms with van der Waals surface area (Å²) in [6.45, 7) is 2.47. The lowest BCUT2D eigenvalue weighted by Gasteiger charge is -2.07. The van der Waals surface area contributed by atoms with Crippen molar-refractivity contribution in [3.05, 3.63) is 57.6 Å². The summed E-state index contributed by atoms with van der Waals surface area (Å²) in [6, 6.07) is 5.39. The molecule has 21 heavy (non-hydrogen) atoms. The van der Waals surface area contributed by atoms with Gasteiger partial charge >= 0.3 is 5.97 Å². The van der Waals surface area contributed by atoms with E-state index < -0.39 is 5.97 Å². The predicted octanol–water partition coefficient (Wildman–Crippen LogP) is 3.73. The molecule has 0 N–H and O–H groups in total. The third kappa shape index (κ3) is 4.09. The van der Waals surface area contributed by atoms with Crippen molar-refractivity contribution in [2.24, 2.45) is 0 Å². The molecular weight excluding hydrogens is 311 g/mol. The molecule has 0 saturated carbocycles. The predicted molar refractivity (Wildman–Crippen MR) is 83.6 cm³/mol. The second-order valence-electron chi connectivity index (χ2n) is 4.43. The van der Waals surface area contributed by atoms with E-state index in [0.29, 0.717) is 22.3 Å². The highest BCUT2D eigenvalue weighted by atomic mass is 35.5. The molecule has 0 amide bonds. The van der Waals surface area contributed by atoms with Crippen molar-refractivity contribution in [3.8, 4) is 0 Å². The van der Waals surface area contributed by atoms with Gasteiger partial charge in [-0.3, -0.25) is 0 Å². The fourth-order valence-corrected chi connectivity index (χ4v) is 2.30. The maximum atomic E-state index is 11.1. The summed E-state index contributed by atoms with van der Waals surface area (Å²) in [7, 11) is 1.33. The molecule has 0 saturated heterocycles. The van der Waals surface area contributed by atoms with Gasteiger partial charge in [-0.1, -0.05) is 29.3 Å². The second kappa shape index (κ2) is 6.78. The normalized spacial score (nSPS) is 11.0. The van der Waals surface area contributed by atoms with Crippen LogP contribution in [0.5, 0.6) is 0 Å². The van der Waals surface area contributed by atoms with Gasteiger partial charge in [-0.2, -0.15) is 0 Å². The summed E-state index contributed by atoms with van der Waals surface area (Å²) in [5, 5.41) is 1.22. The highest BCUT2D eigenvalue weighted by Crippen LogP contribution is 2.22. The number of ether oxygens (including phenoxy) is 1. The monoisotopic (exact) mass is 324 g/mol. The first-order chi connectivity index (χ1) is 9.99. The number of nitrogens with zero attached hydrogens (tertiary/aromatic N) is 2. The summed E-state index contributed by atoms with van der Waals surface area (Å²) in [6.07, 6.45) is 4.79. The van der Waals surface area contributed by atoms with Crippen molar-refractivity contribution in [2.45, 2.75) is 13.5 Å². The molecule has 1 aromatic carbocycles. The van der Waals surface area contributed by atoms with E-state index in [4.69, 9.17) is 23.2 Å². The van der Waals surface area contributed by atoms with E-state index in [1.807, 2.05) is 23.8 Å². The molecule has 1 aromatic heterocycles. The topological polar surface area (TPSA) is 44.1 Å². The van der Waals surface area contributed by atoms with Crippen LogP contribution in [-0.4, -0.2) is 22.6 Å². The van der Waals surface area contributed by atoms with Crippen molar-refractivity contribution in [1.29, 1.82) is 0 Å². The lowest BCUT2D eigenvalue weighted by atomic mass is 10.2. The Morgan fingerprint density at radius 2 is 2.19 bits per heavy atom. The van der Waals surface area contributed by atoms with Crippen molar-refractivity contribution in [3.63, 3.8) is 0 Å². The highest BCUT2D eigenvalue weighted by Gasteiger charge is 2.06. The number of hydrogen-bond acceptors (Lipinski definition) is 3. The summed E-state index contributed by atoms with van der Waals surface area (Å²) in [5.74, 6) is 0.411. The number of imidazole rings is 1. The number of rotatable bonds is 4. The van der Waals surface area contributed by atoms with E-state index in [-0.39, 0.29) is 0 Å². The van der Waals surface area contributed by atoms with E-state index in [0.717, 1.165) is 11.4 Å². The molecular formula is C15H14Cl2N2O2. The van der Waals surface area contributed by atoms with Gasteiger partial charge in [0, 0.05) is 22.3 Å². The van der Waals surface area contributed by atoms with Gasteiger partial charge in [0.2, 0.25) is 0 Å². The van der Waals surface area contributed by atoms with E-state index in [1.54, 1.807) is 18.2 Å². The first kappa shape index (κ1) is 15.6. The van der Waals surface area contributed by atoms with Gasteiger partial charge in [-0.05, 0) is 30.7 Å². The maximum absolute atomic E-state index is 11.1. The molecule has 0 atom stereocenters. The minimum atomic E-state index is -0.414. The molecule has 0 aliphatic heterocycles. The Morgan fingerprint density at radius 1 is 1.43 bits per heavy atom. The number of halogens is 2. The Hall–Kier alpha value is -1.78. The van der Waals surface area contributed by atoms with Gasteiger partial charge in [0.25, 0.3) is 0 Å². The molecule has 1 heterocycles. The van der Waals surface area contributed by atoms with Gasteiger partial charge in [0.05, 0.1) is 19.3 Å². The molecule has 0 aliphatic rings. The van der Waals surface area contributed by atoms with Crippen LogP contribution in [0.25, 0.3) is 6.08 Å². The number of aromatic nitrogens is 2. The van der Waals surface area contributed by atoms with Crippen molar-refractivity contribution < 1.29 is 9.53 Å². The summed E-state index contributed by atoms with van der Waals surface area (Å²) in [4.78, 5) is 15.4. The molecule has 0 aliphatic carbocycles. The molecule has 0 spiro atoms. The third-order valence-corrected chi connectivity index (χ3v) is 3.53. The number of methoxy groups -OCH3 is 1. The Labute approximate surface area is 133 Å². The third-order valence-electron chi connectivity index (χ3n) is 2.94. The van der Waals surface area contributed by atoms with Crippen molar-refractivity contribution in [1.82, 2.24) is 9.55 Å². The average molecular weight is 325 g/mol. The summed E-state index contributed by atoms with van der Waals surface area (Å²) in [5.41, 5.74) is 1.63. The SMILES string of the molecule is COC(=O)C=Cc1cn(Cc2ccc(Cl)cc2Cl)c(C)n1. The number of hydrogen-bond donors (Lipinski definition) is 0. The summed E-state index contributed by atoms with van der Waals surface area (Å²) < 4.78 is 6.49. The van der Waals surface area contributed by atoms with Crippen LogP contribution in [0.15, 0.2) is 30.5 Å². The minimum absolute atomic E-state index is 0.414. The van der Waals surface area contributed by atoms with Gasteiger partial charge in [0.1, 0.15) is 5.82 Å². The number of carbonyl (C=O) groups excluding carboxylic acids is 1. The smallest absolute Gasteiger partial charge is 0.330 e. The van der Waals surface area contributed by atoms with Crippen molar-refractivity contribution >= 4 is 35.2 Å². The van der Waals surface area contributed by atoms with Crippen LogP contribution in [0.1, 0.15) is 17.1 Å². The van der Waals surface area contributed by atoms with Crippen LogP contribution in [0, 0.1) is 6.92 Å². The van der Waals surface area contributed by atoms with Gasteiger partial charge < -0.3 is 9.30 Å². The van der Waals surface area contributed by atoms with Crippen LogP contribution in [0.4, 0.5) is 0 Å². The molecule has 0 bridgehead atoms. The second-order valence-corrected chi connectivity index (χ2v) is 5.28. The van der Waals surface area contributed by atoms with Crippen LogP contribution in [0.3, 0.4) is 0 Å². The van der Waals surface area contributed by atoms with Gasteiger partial charge in [0.15, 0.2) is 0 Å². The molecule has 0 fully saturated rings. The van der Waals surface area contributed by atoms with Crippen molar-refractivity contribution in [2.75, 3.05) is 7.11 Å². The lowest BCUT2D eigenvalue weighted by molar-refractivity contribution is -0.134. The fraction of sp³-hybridized carbons (Fsp3) is 0.200. The van der Waals surface area contributed by atoms with Crippen LogP contribution in [0.2, 0.25) is 10.0 Å². The van der Waals surface area contributed by atoms with E-state index >= 15 is 0 Å². The minimum Gasteiger partial charge on any atom is -0.466 e. The van der Waals surface area contributed by atoms with E-state index in [1.165, 1.54) is 13.2 Å². The number of aryl methyl sites for hydroxylation is 1. The van der Waals surface area contributed by atoms with E-state index in [2.05, 4.69) is 9.72 Å². The highest BCUT2D eigenvalue weighted by molar-refractivity contribution is 6.35. The van der Waals surface area contributed by atoms with Crippen LogP contribution in [-0.2, 0) is 16.1 Å². The summed E-state index contributed by atoms with van der Waals surface area (Å²) >= 11 is 12.1. The number of carbonyl (C=O) groups is 1. The molecule has 0 radical (unpaired) electrons. The molecule has 110 valence electrons. The average Bonchev–Trinajstić information content (AvgIpc) is 2.79. The lowest BCUT2D eigenvalue weighted by Crippen LogP contribution is -2.01. The largest absolute Gasteiger partial charge is 0.466 e. The zero-order valence-electron chi connectivity index (χ0n) is 11.6. The zero-order chi connectivity index (χ0) is 15.4. The Morgan fingerprint density at radius 3 is 2.86 bits per heavy atom. The molecule has 2 rings (SSSR count). The van der Waals surface area contributed by atoms with E-state index in [9.17, 15) is 4.79 Å². The molecule has 0 unspecified atom stereocenters. The first-order valence-electron chi connectivity index (χ1n) is 6.23. The molecule has 2 aromatic rings. The quantitative estimate of drug-likeness (QED) is 0.635. The zero-order valence-corrected chi connectivity index (χ0v) is 13.1. The van der Waals surface area contributed by atoms with Gasteiger partial charge in [-0.25, -0.2) is 9.78 Å². The van der Waals surface area contributed by atoms with Crippen LogP contribution < -0.4 is 0 Å². The Kier molecular flexibility index (Phi) is 5.04. The van der Waals surface area contributed by atoms with Gasteiger partial charge in [-0.15, -0.1) is 0 Å². The number of esters is 1. The molecule has 4 nitrogen and oxygen atoms in total. The first-order valence-corrected chi connectivity index (χ1v) is 6.99. The maximum Gasteiger partial charge on any atom is 0.330 e. The molecule has 6 heteroatoms. The number of benzene rings is 1. The standard InChI is InChI=1S/C15H14Cl2N2O2/c1-10-18-13(5-6-15(20)21-2)9-19(10)8-11-3-4-12(16)7-14(11)17/h3-7,9H,8H2,1-2H3. The fourth-order valence-electron chi connectivity index (χ4n) is 1.83. The Bertz CT molecular complexity index is 693. The Balaban J connectivity index is 2.19.